The van der Waals surface area contributed by atoms with Gasteiger partial charge in [0.25, 0.3) is 0 Å². The van der Waals surface area contributed by atoms with E-state index in [1.807, 2.05) is 48.5 Å². The molecule has 1 atom stereocenters. The Balaban J connectivity index is 1.84. The van der Waals surface area contributed by atoms with E-state index in [9.17, 15) is 9.59 Å². The van der Waals surface area contributed by atoms with Gasteiger partial charge in [-0.2, -0.15) is 0 Å². The first kappa shape index (κ1) is 19.7. The molecule has 0 radical (unpaired) electrons. The third kappa shape index (κ3) is 6.36. The Morgan fingerprint density at radius 3 is 2.50 bits per heavy atom. The minimum atomic E-state index is -0.595. The molecule has 4 nitrogen and oxygen atoms in total. The lowest BCUT2D eigenvalue weighted by Crippen LogP contribution is -2.44. The predicted molar refractivity (Wildman–Crippen MR) is 107 cm³/mol. The van der Waals surface area contributed by atoms with E-state index < -0.39 is 11.9 Å². The maximum absolute atomic E-state index is 12.3. The van der Waals surface area contributed by atoms with E-state index in [1.54, 1.807) is 0 Å². The van der Waals surface area contributed by atoms with Crippen LogP contribution in [0.4, 0.5) is 0 Å². The minimum absolute atomic E-state index is 0.171. The van der Waals surface area contributed by atoms with Crippen molar-refractivity contribution in [3.63, 3.8) is 0 Å². The van der Waals surface area contributed by atoms with Gasteiger partial charge in [-0.25, -0.2) is 0 Å². The summed E-state index contributed by atoms with van der Waals surface area (Å²) in [6, 6.07) is 13.4. The summed E-state index contributed by atoms with van der Waals surface area (Å²) in [6.07, 6.45) is 7.88. The fraction of sp³-hybridized carbons (Fsp3) is 0.364. The maximum atomic E-state index is 12.3. The fourth-order valence-corrected chi connectivity index (χ4v) is 3.06. The molecule has 2 aromatic carbocycles. The number of benzene rings is 2. The number of carbonyl (C=O) groups is 2. The van der Waals surface area contributed by atoms with Gasteiger partial charge in [-0.1, -0.05) is 67.8 Å². The lowest BCUT2D eigenvalue weighted by Gasteiger charge is -2.15. The summed E-state index contributed by atoms with van der Waals surface area (Å²) in [4.78, 5) is 23.9. The molecule has 0 aromatic heterocycles. The van der Waals surface area contributed by atoms with Crippen LogP contribution < -0.4 is 11.1 Å². The van der Waals surface area contributed by atoms with Gasteiger partial charge in [0, 0.05) is 0 Å². The summed E-state index contributed by atoms with van der Waals surface area (Å²) < 4.78 is 0. The Morgan fingerprint density at radius 1 is 1.04 bits per heavy atom. The van der Waals surface area contributed by atoms with Gasteiger partial charge >= 0.3 is 0 Å². The Bertz CT molecular complexity index is 755. The van der Waals surface area contributed by atoms with Gasteiger partial charge in [-0.05, 0) is 35.6 Å². The number of hydrogen-bond acceptors (Lipinski definition) is 2. The van der Waals surface area contributed by atoms with Crippen LogP contribution in [-0.2, 0) is 16.0 Å². The predicted octanol–water partition coefficient (Wildman–Crippen LogP) is 3.88. The molecule has 4 heteroatoms. The van der Waals surface area contributed by atoms with Gasteiger partial charge in [0.2, 0.25) is 11.8 Å². The van der Waals surface area contributed by atoms with Gasteiger partial charge in [-0.15, -0.1) is 6.58 Å². The lowest BCUT2D eigenvalue weighted by molar-refractivity contribution is -0.127. The summed E-state index contributed by atoms with van der Waals surface area (Å²) in [5, 5.41) is 5.03. The second-order valence-corrected chi connectivity index (χ2v) is 6.66. The van der Waals surface area contributed by atoms with Crippen LogP contribution in [0.3, 0.4) is 0 Å². The van der Waals surface area contributed by atoms with E-state index in [4.69, 9.17) is 5.73 Å². The third-order valence-corrected chi connectivity index (χ3v) is 4.51. The Hall–Kier alpha value is -2.62. The zero-order valence-corrected chi connectivity index (χ0v) is 15.2. The number of nitrogens with one attached hydrogen (secondary N) is 1. The molecule has 3 N–H and O–H groups in total. The van der Waals surface area contributed by atoms with E-state index in [-0.39, 0.29) is 12.3 Å². The van der Waals surface area contributed by atoms with Crippen LogP contribution in [0.1, 0.15) is 44.1 Å². The molecule has 0 fully saturated rings. The van der Waals surface area contributed by atoms with E-state index in [0.717, 1.165) is 48.4 Å². The summed E-state index contributed by atoms with van der Waals surface area (Å²) in [5.74, 6) is -0.640. The van der Waals surface area contributed by atoms with Crippen molar-refractivity contribution < 1.29 is 9.59 Å². The number of fused-ring (bicyclic) bond motifs is 1. The lowest BCUT2D eigenvalue weighted by atomic mass is 10.0. The Labute approximate surface area is 155 Å². The van der Waals surface area contributed by atoms with E-state index in [0.29, 0.717) is 6.42 Å². The molecule has 2 amide bonds. The van der Waals surface area contributed by atoms with E-state index in [1.165, 1.54) is 0 Å². The summed E-state index contributed by atoms with van der Waals surface area (Å²) in [7, 11) is 0. The molecule has 2 rings (SSSR count). The molecule has 0 saturated carbocycles. The molecule has 26 heavy (non-hydrogen) atoms. The van der Waals surface area contributed by atoms with Gasteiger partial charge in [0.15, 0.2) is 0 Å². The summed E-state index contributed by atoms with van der Waals surface area (Å²) >= 11 is 0. The zero-order chi connectivity index (χ0) is 18.8. The number of rotatable bonds is 11. The van der Waals surface area contributed by atoms with Crippen molar-refractivity contribution in [3.05, 3.63) is 60.7 Å². The van der Waals surface area contributed by atoms with Crippen LogP contribution in [0.25, 0.3) is 10.8 Å². The van der Waals surface area contributed by atoms with Gasteiger partial charge in [0.1, 0.15) is 6.04 Å². The highest BCUT2D eigenvalue weighted by Gasteiger charge is 2.17. The van der Waals surface area contributed by atoms with Gasteiger partial charge < -0.3 is 11.1 Å². The average Bonchev–Trinajstić information content (AvgIpc) is 2.63. The minimum Gasteiger partial charge on any atom is -0.368 e. The number of amides is 2. The summed E-state index contributed by atoms with van der Waals surface area (Å²) in [5.41, 5.74) is 6.37. The second-order valence-electron chi connectivity index (χ2n) is 6.66. The summed E-state index contributed by atoms with van der Waals surface area (Å²) in [6.45, 7) is 3.70. The number of primary amides is 1. The smallest absolute Gasteiger partial charge is 0.239 e. The number of hydrogen-bond donors (Lipinski definition) is 2. The SMILES string of the molecule is C=CCCCCCC[C@@H](NC(=O)Cc1ccc2ccccc2c1)C(N)=O. The van der Waals surface area contributed by atoms with Gasteiger partial charge in [-0.3, -0.25) is 9.59 Å². The van der Waals surface area contributed by atoms with Crippen LogP contribution >= 0.6 is 0 Å². The molecule has 0 bridgehead atoms. The quantitative estimate of drug-likeness (QED) is 0.476. The van der Waals surface area contributed by atoms with Crippen LogP contribution in [0.15, 0.2) is 55.1 Å². The molecule has 0 aliphatic heterocycles. The molecule has 0 saturated heterocycles. The molecular weight excluding hydrogens is 324 g/mol. The van der Waals surface area contributed by atoms with E-state index in [2.05, 4.69) is 11.9 Å². The van der Waals surface area contributed by atoms with Crippen LogP contribution in [0.5, 0.6) is 0 Å². The highest BCUT2D eigenvalue weighted by atomic mass is 16.2. The van der Waals surface area contributed by atoms with Crippen LogP contribution in [0.2, 0.25) is 0 Å². The Kier molecular flexibility index (Phi) is 7.87. The van der Waals surface area contributed by atoms with Crippen molar-refractivity contribution in [2.75, 3.05) is 0 Å². The molecule has 138 valence electrons. The molecule has 2 aromatic rings. The van der Waals surface area contributed by atoms with Crippen LogP contribution in [0, 0.1) is 0 Å². The van der Waals surface area contributed by atoms with E-state index >= 15 is 0 Å². The van der Waals surface area contributed by atoms with Crippen LogP contribution in [-0.4, -0.2) is 17.9 Å². The molecular formula is C22H28N2O2. The third-order valence-electron chi connectivity index (χ3n) is 4.51. The second kappa shape index (κ2) is 10.4. The van der Waals surface area contributed by atoms with Crippen molar-refractivity contribution in [2.45, 2.75) is 51.0 Å². The first-order chi connectivity index (χ1) is 12.6. The van der Waals surface area contributed by atoms with Crippen molar-refractivity contribution in [3.8, 4) is 0 Å². The molecule has 0 heterocycles. The first-order valence-corrected chi connectivity index (χ1v) is 9.27. The Morgan fingerprint density at radius 2 is 1.77 bits per heavy atom. The van der Waals surface area contributed by atoms with Crippen molar-refractivity contribution in [1.82, 2.24) is 5.32 Å². The topological polar surface area (TPSA) is 72.2 Å². The zero-order valence-electron chi connectivity index (χ0n) is 15.2. The highest BCUT2D eigenvalue weighted by Crippen LogP contribution is 2.16. The normalized spacial score (nSPS) is 11.8. The molecule has 0 aliphatic rings. The van der Waals surface area contributed by atoms with Gasteiger partial charge in [0.05, 0.1) is 6.42 Å². The molecule has 0 unspecified atom stereocenters. The number of carbonyl (C=O) groups excluding carboxylic acids is 2. The van der Waals surface area contributed by atoms with Crippen molar-refractivity contribution in [2.24, 2.45) is 5.73 Å². The fourth-order valence-electron chi connectivity index (χ4n) is 3.06. The highest BCUT2D eigenvalue weighted by molar-refractivity contribution is 5.88. The maximum Gasteiger partial charge on any atom is 0.239 e. The average molecular weight is 352 g/mol. The monoisotopic (exact) mass is 352 g/mol. The number of unbranched alkanes of at least 4 members (excludes halogenated alkanes) is 4. The van der Waals surface area contributed by atoms with Crippen molar-refractivity contribution >= 4 is 22.6 Å². The number of nitrogens with two attached hydrogens (primary N) is 1. The molecule has 0 spiro atoms. The number of allylic oxidation sites excluding steroid dienone is 1. The standard InChI is InChI=1S/C22H28N2O2/c1-2-3-4-5-6-7-12-20(22(23)26)24-21(25)16-17-13-14-18-10-8-9-11-19(18)15-17/h2,8-11,13-15,20H,1,3-7,12,16H2,(H2,23,26)(H,24,25)/t20-/m1/s1. The molecule has 0 aliphatic carbocycles. The first-order valence-electron chi connectivity index (χ1n) is 9.27. The largest absolute Gasteiger partial charge is 0.368 e. The van der Waals surface area contributed by atoms with Crippen molar-refractivity contribution in [1.29, 1.82) is 0 Å².